The van der Waals surface area contributed by atoms with Crippen molar-refractivity contribution in [3.63, 3.8) is 0 Å². The van der Waals surface area contributed by atoms with Gasteiger partial charge in [-0.3, -0.25) is 9.59 Å². The van der Waals surface area contributed by atoms with E-state index in [-0.39, 0.29) is 18.9 Å². The molecule has 0 spiro atoms. The first kappa shape index (κ1) is 16.9. The van der Waals surface area contributed by atoms with Gasteiger partial charge in [0, 0.05) is 18.0 Å². The maximum absolute atomic E-state index is 12.3. The molecule has 1 amide bonds. The Labute approximate surface area is 135 Å². The molecule has 0 unspecified atom stereocenters. The third-order valence-corrected chi connectivity index (χ3v) is 4.85. The van der Waals surface area contributed by atoms with E-state index in [4.69, 9.17) is 4.74 Å². The molecule has 1 saturated carbocycles. The number of aryl methyl sites for hydroxylation is 1. The Morgan fingerprint density at radius 3 is 2.68 bits per heavy atom. The number of aromatic nitrogens is 1. The molecule has 1 aliphatic rings. The Morgan fingerprint density at radius 1 is 1.36 bits per heavy atom. The predicted octanol–water partition coefficient (Wildman–Crippen LogP) is 2.72. The zero-order valence-corrected chi connectivity index (χ0v) is 14.2. The number of carbonyl (C=O) groups is 2. The summed E-state index contributed by atoms with van der Waals surface area (Å²) >= 11 is 1.50. The molecule has 0 aliphatic heterocycles. The Balaban J connectivity index is 1.78. The number of rotatable bonds is 6. The zero-order chi connectivity index (χ0) is 15.9. The van der Waals surface area contributed by atoms with Crippen molar-refractivity contribution in [2.24, 2.45) is 0 Å². The van der Waals surface area contributed by atoms with Gasteiger partial charge in [-0.15, -0.1) is 11.3 Å². The van der Waals surface area contributed by atoms with Gasteiger partial charge in [0.2, 0.25) is 0 Å². The summed E-state index contributed by atoms with van der Waals surface area (Å²) in [7, 11) is 0. The van der Waals surface area contributed by atoms with Gasteiger partial charge in [0.25, 0.3) is 5.91 Å². The van der Waals surface area contributed by atoms with E-state index < -0.39 is 5.97 Å². The average molecular weight is 324 g/mol. The van der Waals surface area contributed by atoms with Crippen molar-refractivity contribution in [1.29, 1.82) is 0 Å². The van der Waals surface area contributed by atoms with E-state index in [0.717, 1.165) is 17.8 Å². The Kier molecular flexibility index (Phi) is 6.36. The average Bonchev–Trinajstić information content (AvgIpc) is 2.92. The lowest BCUT2D eigenvalue weighted by molar-refractivity contribution is -0.152. The van der Waals surface area contributed by atoms with E-state index in [1.165, 1.54) is 30.6 Å². The number of hydrogen-bond acceptors (Lipinski definition) is 5. The fourth-order valence-corrected chi connectivity index (χ4v) is 3.56. The van der Waals surface area contributed by atoms with Crippen LogP contribution in [0.4, 0.5) is 0 Å². The first-order valence-electron chi connectivity index (χ1n) is 7.96. The van der Waals surface area contributed by atoms with Gasteiger partial charge >= 0.3 is 5.97 Å². The molecule has 1 aliphatic carbocycles. The van der Waals surface area contributed by atoms with Crippen LogP contribution in [0.25, 0.3) is 0 Å². The molecule has 1 aromatic heterocycles. The normalized spacial score (nSPS) is 15.5. The van der Waals surface area contributed by atoms with Crippen molar-refractivity contribution >= 4 is 23.2 Å². The SMILES string of the molecule is CCN(C(=O)COC(=O)Cc1csc(C)n1)C1CCCCC1. The first-order valence-corrected chi connectivity index (χ1v) is 8.84. The zero-order valence-electron chi connectivity index (χ0n) is 13.3. The van der Waals surface area contributed by atoms with Crippen LogP contribution in [-0.4, -0.2) is 41.0 Å². The predicted molar refractivity (Wildman–Crippen MR) is 85.8 cm³/mol. The minimum Gasteiger partial charge on any atom is -0.455 e. The van der Waals surface area contributed by atoms with Crippen molar-refractivity contribution in [3.05, 3.63) is 16.1 Å². The van der Waals surface area contributed by atoms with E-state index in [9.17, 15) is 9.59 Å². The molecule has 0 N–H and O–H groups in total. The second kappa shape index (κ2) is 8.27. The van der Waals surface area contributed by atoms with Gasteiger partial charge in [0.05, 0.1) is 17.1 Å². The number of likely N-dealkylation sites (N-methyl/N-ethyl adjacent to an activating group) is 1. The highest BCUT2D eigenvalue weighted by atomic mass is 32.1. The molecule has 6 heteroatoms. The van der Waals surface area contributed by atoms with Gasteiger partial charge in [-0.2, -0.15) is 0 Å². The molecular formula is C16H24N2O3S. The molecule has 2 rings (SSSR count). The van der Waals surface area contributed by atoms with E-state index in [1.807, 2.05) is 24.1 Å². The number of amides is 1. The smallest absolute Gasteiger partial charge is 0.312 e. The Bertz CT molecular complexity index is 509. The van der Waals surface area contributed by atoms with Crippen LogP contribution in [0.5, 0.6) is 0 Å². The fourth-order valence-electron chi connectivity index (χ4n) is 2.94. The first-order chi connectivity index (χ1) is 10.6. The molecule has 0 aromatic carbocycles. The number of carbonyl (C=O) groups excluding carboxylic acids is 2. The minimum atomic E-state index is -0.390. The lowest BCUT2D eigenvalue weighted by Gasteiger charge is -2.33. The summed E-state index contributed by atoms with van der Waals surface area (Å²) in [6, 6.07) is 0.311. The van der Waals surface area contributed by atoms with Crippen LogP contribution in [0.1, 0.15) is 49.7 Å². The molecule has 1 aromatic rings. The second-order valence-corrected chi connectivity index (χ2v) is 6.73. The van der Waals surface area contributed by atoms with Gasteiger partial charge in [0.1, 0.15) is 0 Å². The highest BCUT2D eigenvalue weighted by Gasteiger charge is 2.24. The molecule has 0 bridgehead atoms. The molecule has 122 valence electrons. The largest absolute Gasteiger partial charge is 0.455 e. The van der Waals surface area contributed by atoms with Crippen molar-refractivity contribution in [3.8, 4) is 0 Å². The van der Waals surface area contributed by atoms with Gasteiger partial charge < -0.3 is 9.64 Å². The molecule has 0 radical (unpaired) electrons. The van der Waals surface area contributed by atoms with Crippen LogP contribution >= 0.6 is 11.3 Å². The van der Waals surface area contributed by atoms with E-state index in [2.05, 4.69) is 4.98 Å². The minimum absolute atomic E-state index is 0.0859. The van der Waals surface area contributed by atoms with E-state index >= 15 is 0 Å². The van der Waals surface area contributed by atoms with Gasteiger partial charge in [-0.1, -0.05) is 19.3 Å². The second-order valence-electron chi connectivity index (χ2n) is 5.67. The lowest BCUT2D eigenvalue weighted by atomic mass is 9.94. The van der Waals surface area contributed by atoms with Crippen LogP contribution in [0.3, 0.4) is 0 Å². The third kappa shape index (κ3) is 4.80. The summed E-state index contributed by atoms with van der Waals surface area (Å²) in [5, 5.41) is 2.77. The maximum Gasteiger partial charge on any atom is 0.312 e. The monoisotopic (exact) mass is 324 g/mol. The van der Waals surface area contributed by atoms with Gasteiger partial charge in [0.15, 0.2) is 6.61 Å². The highest BCUT2D eigenvalue weighted by Crippen LogP contribution is 2.22. The summed E-state index contributed by atoms with van der Waals surface area (Å²) < 4.78 is 5.13. The third-order valence-electron chi connectivity index (χ3n) is 4.03. The topological polar surface area (TPSA) is 59.5 Å². The van der Waals surface area contributed by atoms with Crippen LogP contribution in [0, 0.1) is 6.92 Å². The van der Waals surface area contributed by atoms with Crippen molar-refractivity contribution < 1.29 is 14.3 Å². The van der Waals surface area contributed by atoms with E-state index in [0.29, 0.717) is 18.3 Å². The van der Waals surface area contributed by atoms with Crippen molar-refractivity contribution in [2.75, 3.05) is 13.2 Å². The van der Waals surface area contributed by atoms with Crippen molar-refractivity contribution in [2.45, 2.75) is 58.4 Å². The fraction of sp³-hybridized carbons (Fsp3) is 0.688. The number of ether oxygens (including phenoxy) is 1. The summed E-state index contributed by atoms with van der Waals surface area (Å²) in [4.78, 5) is 30.1. The number of thiazole rings is 1. The maximum atomic E-state index is 12.3. The van der Waals surface area contributed by atoms with Gasteiger partial charge in [-0.05, 0) is 26.7 Å². The molecule has 5 nitrogen and oxygen atoms in total. The number of esters is 1. The van der Waals surface area contributed by atoms with Crippen LogP contribution in [-0.2, 0) is 20.7 Å². The quantitative estimate of drug-likeness (QED) is 0.755. The summed E-state index contributed by atoms with van der Waals surface area (Å²) in [5.41, 5.74) is 0.708. The molecule has 1 heterocycles. The summed E-state index contributed by atoms with van der Waals surface area (Å²) in [5.74, 6) is -0.476. The van der Waals surface area contributed by atoms with Crippen LogP contribution in [0.2, 0.25) is 0 Å². The molecule has 1 fully saturated rings. The summed E-state index contributed by atoms with van der Waals surface area (Å²) in [6.45, 7) is 4.39. The van der Waals surface area contributed by atoms with Crippen molar-refractivity contribution in [1.82, 2.24) is 9.88 Å². The van der Waals surface area contributed by atoms with E-state index in [1.54, 1.807) is 0 Å². The lowest BCUT2D eigenvalue weighted by Crippen LogP contribution is -2.43. The van der Waals surface area contributed by atoms with Crippen LogP contribution in [0.15, 0.2) is 5.38 Å². The molecule has 22 heavy (non-hydrogen) atoms. The molecular weight excluding hydrogens is 300 g/mol. The van der Waals surface area contributed by atoms with Gasteiger partial charge in [-0.25, -0.2) is 4.98 Å². The van der Waals surface area contributed by atoms with Crippen LogP contribution < -0.4 is 0 Å². The highest BCUT2D eigenvalue weighted by molar-refractivity contribution is 7.09. The molecule has 0 saturated heterocycles. The number of nitrogens with zero attached hydrogens (tertiary/aromatic N) is 2. The number of hydrogen-bond donors (Lipinski definition) is 0. The molecule has 0 atom stereocenters. The standard InChI is InChI=1S/C16H24N2O3S/c1-3-18(14-7-5-4-6-8-14)15(19)10-21-16(20)9-13-11-22-12(2)17-13/h11,14H,3-10H2,1-2H3. The Hall–Kier alpha value is -1.43. The Morgan fingerprint density at radius 2 is 2.09 bits per heavy atom. The summed E-state index contributed by atoms with van der Waals surface area (Å²) in [6.07, 6.45) is 5.86.